The fourth-order valence-electron chi connectivity index (χ4n) is 8.30. The van der Waals surface area contributed by atoms with Crippen molar-refractivity contribution in [3.8, 4) is 32.4 Å². The summed E-state index contributed by atoms with van der Waals surface area (Å²) in [6.45, 7) is 6.29. The smallest absolute Gasteiger partial charge is 0.303 e. The Hall–Kier alpha value is -4.50. The highest BCUT2D eigenvalue weighted by Crippen LogP contribution is 2.53. The van der Waals surface area contributed by atoms with E-state index in [9.17, 15) is 17.8 Å². The fraction of sp³-hybridized carbons (Fsp3) is 0.300. The molecule has 0 spiro atoms. The Bertz CT molecular complexity index is 2700. The number of aliphatic carboxylic acids is 1. The molecule has 0 saturated carbocycles. The van der Waals surface area contributed by atoms with Crippen molar-refractivity contribution in [3.05, 3.63) is 104 Å². The Morgan fingerprint density at radius 1 is 0.889 bits per heavy atom. The second-order valence-electron chi connectivity index (χ2n) is 14.8. The van der Waals surface area contributed by atoms with Gasteiger partial charge in [0.05, 0.1) is 22.0 Å². The molecule has 3 aliphatic heterocycles. The lowest BCUT2D eigenvalue weighted by atomic mass is 9.81. The Labute approximate surface area is 317 Å². The Morgan fingerprint density at radius 2 is 1.57 bits per heavy atom. The van der Waals surface area contributed by atoms with E-state index in [4.69, 9.17) is 9.84 Å². The molecule has 8 nitrogen and oxygen atoms in total. The summed E-state index contributed by atoms with van der Waals surface area (Å²) < 4.78 is 92.0. The third-order valence-electron chi connectivity index (χ3n) is 11.5. The largest absolute Gasteiger partial charge is 0.481 e. The standard InChI is InChI=1S/C40H35F3N2O6S3/c1-39(2)24-10-13-52-36(24)20-15-22-30(18-28(20)44(39)4)51-31-19-29-21(16-23(31)33(22)34-35(43)26(41)17-27(42)38(34)54(48,49)50)37-25(11-14-53-37)40(3,45(29)5)12-8-6-7-9-32(46)47/h10-11,13-19H,6-9,12H2,1-5H3,(H-,46,47,48,49,50)/p+1. The van der Waals surface area contributed by atoms with Gasteiger partial charge in [-0.2, -0.15) is 8.42 Å². The average molecular weight is 794 g/mol. The number of fused-ring (bicyclic) bond motifs is 8. The highest BCUT2D eigenvalue weighted by molar-refractivity contribution is 7.86. The Balaban J connectivity index is 1.46. The van der Waals surface area contributed by atoms with Gasteiger partial charge in [0.1, 0.15) is 29.3 Å². The molecule has 0 amide bonds. The second-order valence-corrected chi connectivity index (χ2v) is 18.0. The van der Waals surface area contributed by atoms with Crippen molar-refractivity contribution in [2.24, 2.45) is 0 Å². The van der Waals surface area contributed by atoms with E-state index in [2.05, 4.69) is 30.2 Å². The summed E-state index contributed by atoms with van der Waals surface area (Å²) >= 11 is 3.00. The van der Waals surface area contributed by atoms with Gasteiger partial charge in [0.2, 0.25) is 5.36 Å². The molecule has 2 aromatic heterocycles. The number of benzene rings is 3. The van der Waals surface area contributed by atoms with Crippen molar-refractivity contribution in [3.63, 3.8) is 0 Å². The van der Waals surface area contributed by atoms with Crippen LogP contribution in [0.4, 0.5) is 18.9 Å². The van der Waals surface area contributed by atoms with E-state index in [0.717, 1.165) is 62.3 Å². The molecule has 2 N–H and O–H groups in total. The minimum absolute atomic E-state index is 0.100. The van der Waals surface area contributed by atoms with Crippen molar-refractivity contribution >= 4 is 50.0 Å². The number of rotatable bonds is 8. The lowest BCUT2D eigenvalue weighted by Crippen LogP contribution is -2.48. The van der Waals surface area contributed by atoms with E-state index >= 15 is 13.2 Å². The van der Waals surface area contributed by atoms with Crippen LogP contribution in [0.3, 0.4) is 0 Å². The summed E-state index contributed by atoms with van der Waals surface area (Å²) in [4.78, 5) is 13.7. The maximum atomic E-state index is 16.3. The molecule has 1 atom stereocenters. The quantitative estimate of drug-likeness (QED) is 0.0693. The van der Waals surface area contributed by atoms with Gasteiger partial charge < -0.3 is 14.7 Å². The van der Waals surface area contributed by atoms with Gasteiger partial charge in [-0.15, -0.1) is 22.7 Å². The van der Waals surface area contributed by atoms with Gasteiger partial charge >= 0.3 is 5.97 Å². The topological polar surface area (TPSA) is 107 Å². The minimum atomic E-state index is -5.43. The van der Waals surface area contributed by atoms with Crippen LogP contribution in [0.5, 0.6) is 11.5 Å². The first kappa shape index (κ1) is 36.5. The van der Waals surface area contributed by atoms with Crippen LogP contribution in [0.1, 0.15) is 75.1 Å². The third-order valence-corrected chi connectivity index (χ3v) is 14.3. The van der Waals surface area contributed by atoms with E-state index in [0.29, 0.717) is 6.42 Å². The van der Waals surface area contributed by atoms with Crippen LogP contribution in [-0.2, 0) is 26.0 Å². The van der Waals surface area contributed by atoms with Gasteiger partial charge in [0.15, 0.2) is 17.2 Å². The Kier molecular flexibility index (Phi) is 8.45. The molecule has 280 valence electrons. The van der Waals surface area contributed by atoms with Gasteiger partial charge in [-0.05, 0) is 67.3 Å². The fourth-order valence-corrected chi connectivity index (χ4v) is 11.2. The van der Waals surface area contributed by atoms with Gasteiger partial charge in [0.25, 0.3) is 10.1 Å². The van der Waals surface area contributed by atoms with E-state index in [1.807, 2.05) is 37.0 Å². The van der Waals surface area contributed by atoms with Gasteiger partial charge in [0, 0.05) is 82.6 Å². The molecule has 0 fully saturated rings. The highest BCUT2D eigenvalue weighted by atomic mass is 32.2. The third kappa shape index (κ3) is 5.35. The minimum Gasteiger partial charge on any atom is -0.481 e. The summed E-state index contributed by atoms with van der Waals surface area (Å²) in [6, 6.07) is 11.2. The normalized spacial score (nSPS) is 17.9. The molecule has 54 heavy (non-hydrogen) atoms. The molecule has 14 heteroatoms. The molecule has 0 bridgehead atoms. The van der Waals surface area contributed by atoms with Crippen molar-refractivity contribution < 1.29 is 40.8 Å². The summed E-state index contributed by atoms with van der Waals surface area (Å²) in [5.41, 5.74) is 2.51. The highest BCUT2D eigenvalue weighted by Gasteiger charge is 2.44. The number of carbonyl (C=O) groups is 1. The Morgan fingerprint density at radius 3 is 2.26 bits per heavy atom. The van der Waals surface area contributed by atoms with Crippen LogP contribution < -0.4 is 24.8 Å². The van der Waals surface area contributed by atoms with Crippen LogP contribution in [0.2, 0.25) is 0 Å². The van der Waals surface area contributed by atoms with Gasteiger partial charge in [-0.1, -0.05) is 6.42 Å². The number of halogens is 3. The summed E-state index contributed by atoms with van der Waals surface area (Å²) in [7, 11) is -1.53. The zero-order chi connectivity index (χ0) is 38.6. The van der Waals surface area contributed by atoms with Crippen molar-refractivity contribution in [2.45, 2.75) is 68.8 Å². The number of ether oxygens (including phenoxy) is 1. The predicted octanol–water partition coefficient (Wildman–Crippen LogP) is 8.23. The average Bonchev–Trinajstić information content (AvgIpc) is 3.81. The predicted molar refractivity (Wildman–Crippen MR) is 203 cm³/mol. The number of hydrogen-bond acceptors (Lipinski definition) is 7. The summed E-state index contributed by atoms with van der Waals surface area (Å²) in [6.07, 6.45) is 2.89. The van der Waals surface area contributed by atoms with Crippen molar-refractivity contribution in [1.29, 1.82) is 0 Å². The molecule has 0 aliphatic carbocycles. The van der Waals surface area contributed by atoms with Gasteiger partial charge in [-0.25, -0.2) is 17.7 Å². The molecule has 0 radical (unpaired) electrons. The molecular formula is C40H36F3N2O6S3+. The van der Waals surface area contributed by atoms with E-state index in [1.54, 1.807) is 24.3 Å². The number of thiophene rings is 2. The number of anilines is 1. The van der Waals surface area contributed by atoms with E-state index in [-0.39, 0.29) is 40.3 Å². The van der Waals surface area contributed by atoms with Gasteiger partial charge in [-0.3, -0.25) is 9.35 Å². The SMILES string of the molecule is CN1c2cc3c(cc2-c2sccc2C1(C)C)C(c1c(F)c(F)cc(F)c1S(=O)(=O)O)=c1cc2c(cc1O3)=[N+](C)C(C)(CCCCCC(=O)O)c1ccsc1-2. The molecule has 3 aromatic carbocycles. The van der Waals surface area contributed by atoms with Crippen molar-refractivity contribution in [1.82, 2.24) is 4.58 Å². The molecule has 3 aliphatic rings. The molecule has 0 saturated heterocycles. The van der Waals surface area contributed by atoms with Crippen LogP contribution in [0.15, 0.2) is 58.1 Å². The molecule has 5 aromatic rings. The number of carboxylic acid groups (broad SMARTS) is 1. The van der Waals surface area contributed by atoms with Crippen LogP contribution in [-0.4, -0.2) is 38.1 Å². The molecule has 8 rings (SSSR count). The van der Waals surface area contributed by atoms with Crippen LogP contribution in [0.25, 0.3) is 26.5 Å². The number of unbranched alkanes of at least 4 members (excludes halogenated alkanes) is 2. The molecule has 5 heterocycles. The first-order valence-electron chi connectivity index (χ1n) is 17.4. The number of hydrogen-bond donors (Lipinski definition) is 2. The van der Waals surface area contributed by atoms with Crippen LogP contribution >= 0.6 is 22.7 Å². The second kappa shape index (κ2) is 12.5. The zero-order valence-electron chi connectivity index (χ0n) is 30.0. The molecular weight excluding hydrogens is 758 g/mol. The maximum Gasteiger partial charge on any atom is 0.303 e. The van der Waals surface area contributed by atoms with E-state index < -0.39 is 55.1 Å². The monoisotopic (exact) mass is 793 g/mol. The lowest BCUT2D eigenvalue weighted by molar-refractivity contribution is -0.137. The lowest BCUT2D eigenvalue weighted by Gasteiger charge is -2.43. The van der Waals surface area contributed by atoms with E-state index in [1.165, 1.54) is 22.7 Å². The maximum absolute atomic E-state index is 16.3. The van der Waals surface area contributed by atoms with Crippen molar-refractivity contribution in [2.75, 3.05) is 19.0 Å². The number of nitrogens with zero attached hydrogens (tertiary/aromatic N) is 2. The summed E-state index contributed by atoms with van der Waals surface area (Å²) in [5.74, 6) is -5.30. The first-order valence-corrected chi connectivity index (χ1v) is 20.6. The van der Waals surface area contributed by atoms with Crippen LogP contribution in [0, 0.1) is 17.5 Å². The molecule has 1 unspecified atom stereocenters. The first-order chi connectivity index (χ1) is 25.4. The summed E-state index contributed by atoms with van der Waals surface area (Å²) in [5, 5.41) is 14.0. The number of carboxylic acids is 1. The zero-order valence-corrected chi connectivity index (χ0v) is 32.5.